The van der Waals surface area contributed by atoms with Gasteiger partial charge in [0.25, 0.3) is 0 Å². The summed E-state index contributed by atoms with van der Waals surface area (Å²) in [5.41, 5.74) is 0.984. The smallest absolute Gasteiger partial charge is 0.221 e. The van der Waals surface area contributed by atoms with Crippen LogP contribution in [0.3, 0.4) is 0 Å². The Morgan fingerprint density at radius 1 is 1.40 bits per heavy atom. The normalized spacial score (nSPS) is 10.3. The highest BCUT2D eigenvalue weighted by atomic mass is 15.4. The average Bonchev–Trinajstić information content (AvgIpc) is 2.56. The molecule has 0 fully saturated rings. The van der Waals surface area contributed by atoms with E-state index in [0.717, 1.165) is 17.5 Å². The second kappa shape index (κ2) is 4.08. The van der Waals surface area contributed by atoms with E-state index in [-0.39, 0.29) is 0 Å². The first kappa shape index (κ1) is 9.64. The zero-order valence-electron chi connectivity index (χ0n) is 8.81. The molecule has 0 saturated heterocycles. The molecule has 5 nitrogen and oxygen atoms in total. The Bertz CT molecular complexity index is 434. The van der Waals surface area contributed by atoms with Gasteiger partial charge in [-0.1, -0.05) is 6.07 Å². The Morgan fingerprint density at radius 3 is 2.87 bits per heavy atom. The fourth-order valence-corrected chi connectivity index (χ4v) is 1.34. The van der Waals surface area contributed by atoms with Crippen LogP contribution in [-0.4, -0.2) is 19.7 Å². The lowest BCUT2D eigenvalue weighted by Crippen LogP contribution is -2.06. The monoisotopic (exact) mass is 203 g/mol. The molecule has 78 valence electrons. The van der Waals surface area contributed by atoms with Crippen LogP contribution >= 0.6 is 0 Å². The summed E-state index contributed by atoms with van der Waals surface area (Å²) >= 11 is 0. The summed E-state index contributed by atoms with van der Waals surface area (Å²) in [4.78, 5) is 8.45. The van der Waals surface area contributed by atoms with Gasteiger partial charge in [-0.25, -0.2) is 4.68 Å². The van der Waals surface area contributed by atoms with Gasteiger partial charge in [0.1, 0.15) is 5.82 Å². The van der Waals surface area contributed by atoms with E-state index in [1.807, 2.05) is 32.2 Å². The Labute approximate surface area is 88.2 Å². The van der Waals surface area contributed by atoms with Gasteiger partial charge in [0.15, 0.2) is 0 Å². The summed E-state index contributed by atoms with van der Waals surface area (Å²) < 4.78 is 1.72. The number of nitrogens with one attached hydrogen (secondary N) is 1. The fraction of sp³-hybridized carbons (Fsp3) is 0.300. The summed E-state index contributed by atoms with van der Waals surface area (Å²) in [7, 11) is 1.86. The number of anilines is 1. The fourth-order valence-electron chi connectivity index (χ4n) is 1.34. The van der Waals surface area contributed by atoms with Crippen molar-refractivity contribution in [2.24, 2.45) is 7.05 Å². The zero-order valence-corrected chi connectivity index (χ0v) is 8.81. The van der Waals surface area contributed by atoms with Crippen molar-refractivity contribution >= 4 is 5.95 Å². The Hall–Kier alpha value is -1.91. The summed E-state index contributed by atoms with van der Waals surface area (Å²) in [5, 5.41) is 7.32. The molecular weight excluding hydrogens is 190 g/mol. The molecule has 2 rings (SSSR count). The molecule has 2 heterocycles. The Kier molecular flexibility index (Phi) is 2.62. The van der Waals surface area contributed by atoms with Crippen molar-refractivity contribution in [2.75, 3.05) is 5.32 Å². The van der Waals surface area contributed by atoms with E-state index in [0.29, 0.717) is 6.54 Å². The minimum absolute atomic E-state index is 0.660. The van der Waals surface area contributed by atoms with Crippen LogP contribution in [0.5, 0.6) is 0 Å². The molecule has 1 N–H and O–H groups in total. The highest BCUT2D eigenvalue weighted by Gasteiger charge is 2.02. The van der Waals surface area contributed by atoms with Crippen LogP contribution in [-0.2, 0) is 13.6 Å². The predicted molar refractivity (Wildman–Crippen MR) is 57.3 cm³/mol. The van der Waals surface area contributed by atoms with E-state index in [1.165, 1.54) is 0 Å². The van der Waals surface area contributed by atoms with Crippen LogP contribution in [0.4, 0.5) is 5.95 Å². The van der Waals surface area contributed by atoms with E-state index >= 15 is 0 Å². The molecule has 0 unspecified atom stereocenters. The standard InChI is InChI=1S/C10H13N5/c1-8-13-10(15(2)14-8)12-7-9-5-3-4-6-11-9/h3-6H,7H2,1-2H3,(H,12,13,14). The van der Waals surface area contributed by atoms with Gasteiger partial charge in [0, 0.05) is 13.2 Å². The SMILES string of the molecule is Cc1nc(NCc2ccccn2)n(C)n1. The van der Waals surface area contributed by atoms with Gasteiger partial charge in [-0.2, -0.15) is 10.1 Å². The molecule has 0 bridgehead atoms. The number of rotatable bonds is 3. The topological polar surface area (TPSA) is 55.6 Å². The highest BCUT2D eigenvalue weighted by molar-refractivity contribution is 5.25. The van der Waals surface area contributed by atoms with E-state index < -0.39 is 0 Å². The first-order valence-electron chi connectivity index (χ1n) is 4.77. The number of hydrogen-bond acceptors (Lipinski definition) is 4. The molecular formula is C10H13N5. The Balaban J connectivity index is 2.02. The molecule has 5 heteroatoms. The van der Waals surface area contributed by atoms with E-state index in [1.54, 1.807) is 10.9 Å². The third kappa shape index (κ3) is 2.31. The lowest BCUT2D eigenvalue weighted by Gasteiger charge is -2.03. The molecule has 2 aromatic rings. The van der Waals surface area contributed by atoms with Crippen LogP contribution < -0.4 is 5.32 Å². The molecule has 0 aliphatic rings. The van der Waals surface area contributed by atoms with Crippen molar-refractivity contribution in [3.8, 4) is 0 Å². The molecule has 2 aromatic heterocycles. The van der Waals surface area contributed by atoms with E-state index in [9.17, 15) is 0 Å². The number of nitrogens with zero attached hydrogens (tertiary/aromatic N) is 4. The Morgan fingerprint density at radius 2 is 2.27 bits per heavy atom. The third-order valence-corrected chi connectivity index (χ3v) is 2.02. The average molecular weight is 203 g/mol. The highest BCUT2D eigenvalue weighted by Crippen LogP contribution is 2.03. The summed E-state index contributed by atoms with van der Waals surface area (Å²) in [6, 6.07) is 5.83. The summed E-state index contributed by atoms with van der Waals surface area (Å²) in [5.74, 6) is 1.53. The molecule has 0 spiro atoms. The first-order chi connectivity index (χ1) is 7.25. The summed E-state index contributed by atoms with van der Waals surface area (Å²) in [6.07, 6.45) is 1.78. The predicted octanol–water partition coefficient (Wildman–Crippen LogP) is 1.13. The minimum Gasteiger partial charge on any atom is -0.349 e. The lowest BCUT2D eigenvalue weighted by molar-refractivity contribution is 0.756. The number of pyridine rings is 1. The number of hydrogen-bond donors (Lipinski definition) is 1. The van der Waals surface area contributed by atoms with Crippen LogP contribution in [0.25, 0.3) is 0 Å². The van der Waals surface area contributed by atoms with Crippen molar-refractivity contribution < 1.29 is 0 Å². The van der Waals surface area contributed by atoms with Crippen molar-refractivity contribution in [1.82, 2.24) is 19.7 Å². The maximum Gasteiger partial charge on any atom is 0.221 e. The van der Waals surface area contributed by atoms with E-state index in [4.69, 9.17) is 0 Å². The van der Waals surface area contributed by atoms with Gasteiger partial charge in [-0.15, -0.1) is 0 Å². The van der Waals surface area contributed by atoms with Crippen LogP contribution in [0, 0.1) is 6.92 Å². The van der Waals surface area contributed by atoms with Gasteiger partial charge < -0.3 is 5.32 Å². The van der Waals surface area contributed by atoms with Crippen molar-refractivity contribution in [3.05, 3.63) is 35.9 Å². The lowest BCUT2D eigenvalue weighted by atomic mass is 10.3. The molecule has 15 heavy (non-hydrogen) atoms. The quantitative estimate of drug-likeness (QED) is 0.812. The van der Waals surface area contributed by atoms with Gasteiger partial charge in [-0.3, -0.25) is 4.98 Å². The molecule has 0 aliphatic carbocycles. The van der Waals surface area contributed by atoms with Crippen LogP contribution in [0.2, 0.25) is 0 Å². The van der Waals surface area contributed by atoms with Gasteiger partial charge >= 0.3 is 0 Å². The second-order valence-corrected chi connectivity index (χ2v) is 3.28. The van der Waals surface area contributed by atoms with Crippen molar-refractivity contribution in [1.29, 1.82) is 0 Å². The third-order valence-electron chi connectivity index (χ3n) is 2.02. The maximum absolute atomic E-state index is 4.24. The molecule has 0 aromatic carbocycles. The number of aryl methyl sites for hydroxylation is 2. The maximum atomic E-state index is 4.24. The molecule has 0 amide bonds. The van der Waals surface area contributed by atoms with E-state index in [2.05, 4.69) is 20.4 Å². The molecule has 0 atom stereocenters. The first-order valence-corrected chi connectivity index (χ1v) is 4.77. The second-order valence-electron chi connectivity index (χ2n) is 3.28. The van der Waals surface area contributed by atoms with Crippen LogP contribution in [0.1, 0.15) is 11.5 Å². The summed E-state index contributed by atoms with van der Waals surface area (Å²) in [6.45, 7) is 2.53. The van der Waals surface area contributed by atoms with Gasteiger partial charge in [-0.05, 0) is 19.1 Å². The largest absolute Gasteiger partial charge is 0.349 e. The van der Waals surface area contributed by atoms with Crippen molar-refractivity contribution in [3.63, 3.8) is 0 Å². The van der Waals surface area contributed by atoms with Gasteiger partial charge in [0.2, 0.25) is 5.95 Å². The van der Waals surface area contributed by atoms with Crippen molar-refractivity contribution in [2.45, 2.75) is 13.5 Å². The number of aromatic nitrogens is 4. The molecule has 0 aliphatic heterocycles. The molecule has 0 radical (unpaired) electrons. The molecule has 0 saturated carbocycles. The zero-order chi connectivity index (χ0) is 10.7. The minimum atomic E-state index is 0.660. The van der Waals surface area contributed by atoms with Gasteiger partial charge in [0.05, 0.1) is 12.2 Å². The van der Waals surface area contributed by atoms with Crippen LogP contribution in [0.15, 0.2) is 24.4 Å².